The summed E-state index contributed by atoms with van der Waals surface area (Å²) in [5.41, 5.74) is -1.02. The lowest BCUT2D eigenvalue weighted by Gasteiger charge is -2.26. The molecule has 3 atom stereocenters. The van der Waals surface area contributed by atoms with Crippen LogP contribution in [0.3, 0.4) is 0 Å². The SMILES string of the molecule is CC1(C(=O)O)COCC1NC(=O)[C@H]1CCCN1. The number of carboxylic acids is 1. The van der Waals surface area contributed by atoms with Crippen molar-refractivity contribution in [1.29, 1.82) is 0 Å². The predicted molar refractivity (Wildman–Crippen MR) is 59.5 cm³/mol. The quantitative estimate of drug-likeness (QED) is 0.612. The summed E-state index contributed by atoms with van der Waals surface area (Å²) in [6, 6.07) is -0.636. The van der Waals surface area contributed by atoms with Gasteiger partial charge in [0.2, 0.25) is 5.91 Å². The van der Waals surface area contributed by atoms with E-state index in [1.807, 2.05) is 0 Å². The Morgan fingerprint density at radius 2 is 2.29 bits per heavy atom. The Kier molecular flexibility index (Phi) is 3.35. The van der Waals surface area contributed by atoms with Crippen molar-refractivity contribution in [1.82, 2.24) is 10.6 Å². The number of hydrogen-bond acceptors (Lipinski definition) is 4. The number of nitrogens with one attached hydrogen (secondary N) is 2. The van der Waals surface area contributed by atoms with E-state index >= 15 is 0 Å². The van der Waals surface area contributed by atoms with E-state index in [0.717, 1.165) is 19.4 Å². The number of amides is 1. The van der Waals surface area contributed by atoms with Gasteiger partial charge in [0.05, 0.1) is 25.3 Å². The molecule has 6 heteroatoms. The molecule has 0 aromatic carbocycles. The molecule has 96 valence electrons. The summed E-state index contributed by atoms with van der Waals surface area (Å²) in [5, 5.41) is 15.0. The maximum absolute atomic E-state index is 11.9. The minimum absolute atomic E-state index is 0.120. The largest absolute Gasteiger partial charge is 0.481 e. The Bertz CT molecular complexity index is 327. The van der Waals surface area contributed by atoms with Gasteiger partial charge >= 0.3 is 5.97 Å². The summed E-state index contributed by atoms with van der Waals surface area (Å²) in [7, 11) is 0. The number of aliphatic carboxylic acids is 1. The van der Waals surface area contributed by atoms with Crippen LogP contribution in [0.15, 0.2) is 0 Å². The summed E-state index contributed by atoms with van der Waals surface area (Å²) in [5.74, 6) is -1.05. The molecule has 0 spiro atoms. The van der Waals surface area contributed by atoms with Gasteiger partial charge in [-0.1, -0.05) is 0 Å². The molecule has 2 saturated heterocycles. The van der Waals surface area contributed by atoms with Crippen LogP contribution in [-0.2, 0) is 14.3 Å². The first-order valence-electron chi connectivity index (χ1n) is 5.89. The highest BCUT2D eigenvalue weighted by Crippen LogP contribution is 2.28. The smallest absolute Gasteiger partial charge is 0.313 e. The van der Waals surface area contributed by atoms with Crippen molar-refractivity contribution in [3.63, 3.8) is 0 Å². The first kappa shape index (κ1) is 12.3. The monoisotopic (exact) mass is 242 g/mol. The first-order chi connectivity index (χ1) is 8.04. The number of carbonyl (C=O) groups excluding carboxylic acids is 1. The second-order valence-corrected chi connectivity index (χ2v) is 4.95. The molecule has 2 fully saturated rings. The molecule has 0 aliphatic carbocycles. The summed E-state index contributed by atoms with van der Waals surface area (Å²) < 4.78 is 5.18. The zero-order chi connectivity index (χ0) is 12.5. The fourth-order valence-corrected chi connectivity index (χ4v) is 2.27. The maximum Gasteiger partial charge on any atom is 0.313 e. The van der Waals surface area contributed by atoms with Crippen LogP contribution in [0.1, 0.15) is 19.8 Å². The highest BCUT2D eigenvalue weighted by atomic mass is 16.5. The van der Waals surface area contributed by atoms with Gasteiger partial charge in [-0.05, 0) is 26.3 Å². The van der Waals surface area contributed by atoms with Crippen LogP contribution in [0.2, 0.25) is 0 Å². The van der Waals surface area contributed by atoms with Gasteiger partial charge in [0.15, 0.2) is 0 Å². The third-order valence-corrected chi connectivity index (χ3v) is 3.64. The van der Waals surface area contributed by atoms with Crippen molar-refractivity contribution in [2.45, 2.75) is 31.8 Å². The summed E-state index contributed by atoms with van der Waals surface area (Å²) in [6.45, 7) is 2.86. The van der Waals surface area contributed by atoms with E-state index in [1.54, 1.807) is 6.92 Å². The zero-order valence-corrected chi connectivity index (χ0v) is 9.86. The van der Waals surface area contributed by atoms with E-state index < -0.39 is 17.4 Å². The van der Waals surface area contributed by atoms with E-state index in [2.05, 4.69) is 10.6 Å². The number of carbonyl (C=O) groups is 2. The van der Waals surface area contributed by atoms with Gasteiger partial charge in [-0.3, -0.25) is 9.59 Å². The lowest BCUT2D eigenvalue weighted by Crippen LogP contribution is -2.53. The normalized spacial score (nSPS) is 37.0. The molecule has 3 N–H and O–H groups in total. The molecule has 2 heterocycles. The molecule has 0 aromatic rings. The Hall–Kier alpha value is -1.14. The maximum atomic E-state index is 11.9. The van der Waals surface area contributed by atoms with E-state index in [4.69, 9.17) is 4.74 Å². The van der Waals surface area contributed by atoms with Crippen LogP contribution in [0.5, 0.6) is 0 Å². The number of carboxylic acid groups (broad SMARTS) is 1. The molecule has 0 radical (unpaired) electrons. The van der Waals surface area contributed by atoms with Gasteiger partial charge < -0.3 is 20.5 Å². The predicted octanol–water partition coefficient (Wildman–Crippen LogP) is -0.656. The first-order valence-corrected chi connectivity index (χ1v) is 5.89. The van der Waals surface area contributed by atoms with Crippen molar-refractivity contribution in [2.24, 2.45) is 5.41 Å². The molecule has 0 saturated carbocycles. The van der Waals surface area contributed by atoms with E-state index in [-0.39, 0.29) is 25.2 Å². The van der Waals surface area contributed by atoms with Crippen molar-refractivity contribution in [3.05, 3.63) is 0 Å². The summed E-state index contributed by atoms with van der Waals surface area (Å²) in [6.07, 6.45) is 1.79. The van der Waals surface area contributed by atoms with Crippen LogP contribution >= 0.6 is 0 Å². The average molecular weight is 242 g/mol. The van der Waals surface area contributed by atoms with Gasteiger partial charge in [0, 0.05) is 0 Å². The van der Waals surface area contributed by atoms with Crippen LogP contribution in [0.25, 0.3) is 0 Å². The number of rotatable bonds is 3. The fourth-order valence-electron chi connectivity index (χ4n) is 2.27. The lowest BCUT2D eigenvalue weighted by molar-refractivity contribution is -0.149. The summed E-state index contributed by atoms with van der Waals surface area (Å²) in [4.78, 5) is 23.1. The minimum atomic E-state index is -1.02. The molecule has 2 rings (SSSR count). The van der Waals surface area contributed by atoms with E-state index in [0.29, 0.717) is 0 Å². The standard InChI is InChI=1S/C11H18N2O4/c1-11(10(15)16)6-17-5-8(11)13-9(14)7-3-2-4-12-7/h7-8,12H,2-6H2,1H3,(H,13,14)(H,15,16)/t7-,8?,11?/m1/s1. The Labute approximate surface area is 99.7 Å². The van der Waals surface area contributed by atoms with Crippen molar-refractivity contribution < 1.29 is 19.4 Å². The van der Waals surface area contributed by atoms with Crippen LogP contribution < -0.4 is 10.6 Å². The molecule has 2 aliphatic rings. The minimum Gasteiger partial charge on any atom is -0.481 e. The van der Waals surface area contributed by atoms with Crippen molar-refractivity contribution >= 4 is 11.9 Å². The number of ether oxygens (including phenoxy) is 1. The molecule has 2 aliphatic heterocycles. The van der Waals surface area contributed by atoms with Crippen LogP contribution in [0, 0.1) is 5.41 Å². The van der Waals surface area contributed by atoms with Gasteiger partial charge in [0.25, 0.3) is 0 Å². The van der Waals surface area contributed by atoms with Crippen molar-refractivity contribution in [3.8, 4) is 0 Å². The molecule has 1 amide bonds. The Morgan fingerprint density at radius 1 is 1.53 bits per heavy atom. The zero-order valence-electron chi connectivity index (χ0n) is 9.86. The molecule has 0 aromatic heterocycles. The van der Waals surface area contributed by atoms with Gasteiger partial charge in [0.1, 0.15) is 5.41 Å². The van der Waals surface area contributed by atoms with Gasteiger partial charge in [-0.25, -0.2) is 0 Å². The second-order valence-electron chi connectivity index (χ2n) is 4.95. The van der Waals surface area contributed by atoms with Crippen LogP contribution in [0.4, 0.5) is 0 Å². The molecule has 0 bridgehead atoms. The van der Waals surface area contributed by atoms with E-state index in [9.17, 15) is 14.7 Å². The topological polar surface area (TPSA) is 87.7 Å². The highest BCUT2D eigenvalue weighted by molar-refractivity contribution is 5.84. The Balaban J connectivity index is 1.98. The average Bonchev–Trinajstić information content (AvgIpc) is 2.89. The van der Waals surface area contributed by atoms with Gasteiger partial charge in [-0.15, -0.1) is 0 Å². The Morgan fingerprint density at radius 3 is 2.88 bits per heavy atom. The molecular formula is C11H18N2O4. The molecule has 17 heavy (non-hydrogen) atoms. The molecule has 6 nitrogen and oxygen atoms in total. The van der Waals surface area contributed by atoms with Crippen LogP contribution in [-0.4, -0.2) is 48.8 Å². The highest BCUT2D eigenvalue weighted by Gasteiger charge is 2.47. The third kappa shape index (κ3) is 2.28. The summed E-state index contributed by atoms with van der Waals surface area (Å²) >= 11 is 0. The molecule has 2 unspecified atom stereocenters. The van der Waals surface area contributed by atoms with Gasteiger partial charge in [-0.2, -0.15) is 0 Å². The molecular weight excluding hydrogens is 224 g/mol. The second kappa shape index (κ2) is 4.62. The van der Waals surface area contributed by atoms with Crippen molar-refractivity contribution in [2.75, 3.05) is 19.8 Å². The lowest BCUT2D eigenvalue weighted by atomic mass is 9.85. The fraction of sp³-hybridized carbons (Fsp3) is 0.818. The third-order valence-electron chi connectivity index (χ3n) is 3.64. The van der Waals surface area contributed by atoms with E-state index in [1.165, 1.54) is 0 Å². The number of hydrogen-bond donors (Lipinski definition) is 3.